The molecule has 1 heterocycles. The Labute approximate surface area is 126 Å². The van der Waals surface area contributed by atoms with Crippen molar-refractivity contribution in [2.45, 2.75) is 45.7 Å². The van der Waals surface area contributed by atoms with Crippen LogP contribution in [0, 0.1) is 13.8 Å². The Kier molecular flexibility index (Phi) is 3.77. The van der Waals surface area contributed by atoms with E-state index < -0.39 is 0 Å². The zero-order valence-corrected chi connectivity index (χ0v) is 13.2. The fourth-order valence-corrected chi connectivity index (χ4v) is 3.35. The molecule has 0 spiro atoms. The van der Waals surface area contributed by atoms with Crippen LogP contribution in [0.1, 0.15) is 53.6 Å². The van der Waals surface area contributed by atoms with Crippen LogP contribution >= 0.6 is 0 Å². The van der Waals surface area contributed by atoms with Crippen LogP contribution in [0.3, 0.4) is 0 Å². The van der Waals surface area contributed by atoms with Crippen molar-refractivity contribution in [1.82, 2.24) is 5.32 Å². The highest BCUT2D eigenvalue weighted by atomic mass is 16.5. The number of hydrogen-bond donors (Lipinski definition) is 1. The third-order valence-electron chi connectivity index (χ3n) is 4.43. The van der Waals surface area contributed by atoms with Crippen molar-refractivity contribution in [3.05, 3.63) is 52.5 Å². The maximum absolute atomic E-state index is 5.65. The maximum atomic E-state index is 5.65. The molecule has 1 aliphatic carbocycles. The summed E-state index contributed by atoms with van der Waals surface area (Å²) in [6.07, 6.45) is 2.27. The van der Waals surface area contributed by atoms with Crippen molar-refractivity contribution in [2.24, 2.45) is 0 Å². The van der Waals surface area contributed by atoms with Gasteiger partial charge < -0.3 is 14.5 Å². The molecule has 21 heavy (non-hydrogen) atoms. The number of methoxy groups -OCH3 is 1. The second-order valence-corrected chi connectivity index (χ2v) is 5.91. The van der Waals surface area contributed by atoms with Gasteiger partial charge in [0.2, 0.25) is 0 Å². The van der Waals surface area contributed by atoms with Gasteiger partial charge in [-0.2, -0.15) is 0 Å². The second kappa shape index (κ2) is 5.57. The average Bonchev–Trinajstić information content (AvgIpc) is 3.01. The Hall–Kier alpha value is -1.74. The number of hydrogen-bond acceptors (Lipinski definition) is 3. The quantitative estimate of drug-likeness (QED) is 0.912. The SMILES string of the molecule is COc1ccc2c(c1)C(NC(C)c1cc(C)oc1C)CC2. The minimum absolute atomic E-state index is 0.282. The molecule has 1 aromatic carbocycles. The summed E-state index contributed by atoms with van der Waals surface area (Å²) in [5.41, 5.74) is 4.06. The molecule has 1 N–H and O–H groups in total. The molecular weight excluding hydrogens is 262 g/mol. The summed E-state index contributed by atoms with van der Waals surface area (Å²) in [4.78, 5) is 0. The van der Waals surface area contributed by atoms with E-state index in [9.17, 15) is 0 Å². The third kappa shape index (κ3) is 2.70. The molecule has 3 nitrogen and oxygen atoms in total. The van der Waals surface area contributed by atoms with Crippen LogP contribution in [0.15, 0.2) is 28.7 Å². The van der Waals surface area contributed by atoms with Crippen molar-refractivity contribution < 1.29 is 9.15 Å². The van der Waals surface area contributed by atoms with Gasteiger partial charge in [0.05, 0.1) is 7.11 Å². The number of aryl methyl sites for hydroxylation is 3. The molecule has 0 fully saturated rings. The summed E-state index contributed by atoms with van der Waals surface area (Å²) in [6, 6.07) is 9.21. The van der Waals surface area contributed by atoms with Crippen LogP contribution in [0.4, 0.5) is 0 Å². The fraction of sp³-hybridized carbons (Fsp3) is 0.444. The fourth-order valence-electron chi connectivity index (χ4n) is 3.35. The molecule has 112 valence electrons. The lowest BCUT2D eigenvalue weighted by molar-refractivity contribution is 0.411. The summed E-state index contributed by atoms with van der Waals surface area (Å²) in [5, 5.41) is 3.74. The number of nitrogens with one attached hydrogen (secondary N) is 1. The summed E-state index contributed by atoms with van der Waals surface area (Å²) < 4.78 is 11.0. The first kappa shape index (κ1) is 14.2. The first-order chi connectivity index (χ1) is 10.1. The predicted octanol–water partition coefficient (Wildman–Crippen LogP) is 4.24. The van der Waals surface area contributed by atoms with Gasteiger partial charge in [0.15, 0.2) is 0 Å². The van der Waals surface area contributed by atoms with E-state index in [1.54, 1.807) is 7.11 Å². The monoisotopic (exact) mass is 285 g/mol. The lowest BCUT2D eigenvalue weighted by Gasteiger charge is -2.20. The van der Waals surface area contributed by atoms with Gasteiger partial charge in [-0.15, -0.1) is 0 Å². The van der Waals surface area contributed by atoms with Gasteiger partial charge in [-0.05, 0) is 62.9 Å². The van der Waals surface area contributed by atoms with Gasteiger partial charge in [-0.1, -0.05) is 6.07 Å². The van der Waals surface area contributed by atoms with Crippen LogP contribution in [0.5, 0.6) is 5.75 Å². The summed E-state index contributed by atoms with van der Waals surface area (Å²) in [6.45, 7) is 6.24. The van der Waals surface area contributed by atoms with E-state index in [0.717, 1.165) is 30.1 Å². The van der Waals surface area contributed by atoms with Crippen LogP contribution < -0.4 is 10.1 Å². The highest BCUT2D eigenvalue weighted by Gasteiger charge is 2.25. The highest BCUT2D eigenvalue weighted by molar-refractivity contribution is 5.41. The molecule has 0 radical (unpaired) electrons. The lowest BCUT2D eigenvalue weighted by Crippen LogP contribution is -2.23. The van der Waals surface area contributed by atoms with E-state index >= 15 is 0 Å². The Bertz CT molecular complexity index is 645. The highest BCUT2D eigenvalue weighted by Crippen LogP contribution is 2.35. The molecule has 0 saturated heterocycles. The number of fused-ring (bicyclic) bond motifs is 1. The summed E-state index contributed by atoms with van der Waals surface area (Å²) in [7, 11) is 1.72. The molecule has 2 aromatic rings. The van der Waals surface area contributed by atoms with Crippen molar-refractivity contribution in [3.63, 3.8) is 0 Å². The largest absolute Gasteiger partial charge is 0.497 e. The van der Waals surface area contributed by atoms with Crippen LogP contribution in [-0.2, 0) is 6.42 Å². The standard InChI is InChI=1S/C18H23NO2/c1-11-9-16(13(3)21-11)12(2)19-18-8-6-14-5-7-15(20-4)10-17(14)18/h5,7,9-10,12,18-19H,6,8H2,1-4H3. The van der Waals surface area contributed by atoms with Crippen molar-refractivity contribution in [1.29, 1.82) is 0 Å². The van der Waals surface area contributed by atoms with E-state index in [0.29, 0.717) is 6.04 Å². The molecule has 0 saturated carbocycles. The molecule has 1 aromatic heterocycles. The topological polar surface area (TPSA) is 34.4 Å². The van der Waals surface area contributed by atoms with E-state index in [2.05, 4.69) is 30.4 Å². The first-order valence-corrected chi connectivity index (χ1v) is 7.58. The van der Waals surface area contributed by atoms with Gasteiger partial charge >= 0.3 is 0 Å². The van der Waals surface area contributed by atoms with E-state index in [1.807, 2.05) is 19.9 Å². The second-order valence-electron chi connectivity index (χ2n) is 5.91. The number of ether oxygens (including phenoxy) is 1. The van der Waals surface area contributed by atoms with Crippen LogP contribution in [-0.4, -0.2) is 7.11 Å². The molecule has 0 amide bonds. The number of furan rings is 1. The van der Waals surface area contributed by atoms with Crippen LogP contribution in [0.25, 0.3) is 0 Å². The average molecular weight is 285 g/mol. The third-order valence-corrected chi connectivity index (χ3v) is 4.43. The molecule has 1 aliphatic rings. The van der Waals surface area contributed by atoms with E-state index in [4.69, 9.17) is 9.15 Å². The number of benzene rings is 1. The van der Waals surface area contributed by atoms with Gasteiger partial charge in [0.1, 0.15) is 17.3 Å². The van der Waals surface area contributed by atoms with Crippen molar-refractivity contribution in [2.75, 3.05) is 7.11 Å². The Morgan fingerprint density at radius 1 is 1.29 bits per heavy atom. The Balaban J connectivity index is 1.80. The molecule has 3 heteroatoms. The molecule has 0 bridgehead atoms. The molecule has 3 rings (SSSR count). The van der Waals surface area contributed by atoms with E-state index in [1.165, 1.54) is 16.7 Å². The Morgan fingerprint density at radius 2 is 2.10 bits per heavy atom. The summed E-state index contributed by atoms with van der Waals surface area (Å²) >= 11 is 0. The minimum Gasteiger partial charge on any atom is -0.497 e. The molecule has 0 aliphatic heterocycles. The van der Waals surface area contributed by atoms with Crippen LogP contribution in [0.2, 0.25) is 0 Å². The minimum atomic E-state index is 0.282. The van der Waals surface area contributed by atoms with Gasteiger partial charge in [0, 0.05) is 17.6 Å². The molecule has 2 atom stereocenters. The predicted molar refractivity (Wildman–Crippen MR) is 83.8 cm³/mol. The number of rotatable bonds is 4. The zero-order chi connectivity index (χ0) is 15.0. The zero-order valence-electron chi connectivity index (χ0n) is 13.2. The molecule has 2 unspecified atom stereocenters. The lowest BCUT2D eigenvalue weighted by atomic mass is 10.0. The van der Waals surface area contributed by atoms with E-state index in [-0.39, 0.29) is 6.04 Å². The van der Waals surface area contributed by atoms with Gasteiger partial charge in [0.25, 0.3) is 0 Å². The molecular formula is C18H23NO2. The smallest absolute Gasteiger partial charge is 0.119 e. The normalized spacial score (nSPS) is 18.6. The first-order valence-electron chi connectivity index (χ1n) is 7.58. The van der Waals surface area contributed by atoms with Gasteiger partial charge in [-0.3, -0.25) is 0 Å². The van der Waals surface area contributed by atoms with Gasteiger partial charge in [-0.25, -0.2) is 0 Å². The van der Waals surface area contributed by atoms with Crippen molar-refractivity contribution >= 4 is 0 Å². The van der Waals surface area contributed by atoms with Crippen molar-refractivity contribution in [3.8, 4) is 5.75 Å². The Morgan fingerprint density at radius 3 is 2.76 bits per heavy atom. The maximum Gasteiger partial charge on any atom is 0.119 e. The summed E-state index contributed by atoms with van der Waals surface area (Å²) in [5.74, 6) is 2.92.